The van der Waals surface area contributed by atoms with Crippen molar-refractivity contribution in [1.82, 2.24) is 0 Å². The van der Waals surface area contributed by atoms with Crippen molar-refractivity contribution in [2.75, 3.05) is 0 Å². The van der Waals surface area contributed by atoms with E-state index in [-0.39, 0.29) is 0 Å². The Morgan fingerprint density at radius 1 is 0.314 bits per heavy atom. The monoisotopic (exact) mass is 448 g/mol. The third-order valence-electron chi connectivity index (χ3n) is 6.27. The van der Waals surface area contributed by atoms with Gasteiger partial charge in [-0.3, -0.25) is 0 Å². The predicted octanol–water partition coefficient (Wildman–Crippen LogP) is 9.37. The maximum absolute atomic E-state index is 2.20. The minimum Gasteiger partial charge on any atom is -0.0622 e. The Bertz CT molecular complexity index is 1360. The predicted molar refractivity (Wildman–Crippen MR) is 150 cm³/mol. The average Bonchev–Trinajstić information content (AvgIpc) is 2.95. The van der Waals surface area contributed by atoms with Gasteiger partial charge in [-0.2, -0.15) is 0 Å². The average molecular weight is 449 g/mol. The summed E-state index contributed by atoms with van der Waals surface area (Å²) in [4.78, 5) is 0. The molecule has 0 nitrogen and oxygen atoms in total. The minimum atomic E-state index is 0.309. The first-order valence-electron chi connectivity index (χ1n) is 12.1. The molecule has 0 atom stereocenters. The molecule has 0 bridgehead atoms. The maximum atomic E-state index is 2.20. The van der Waals surface area contributed by atoms with Gasteiger partial charge in [-0.1, -0.05) is 164 Å². The van der Waals surface area contributed by atoms with E-state index < -0.39 is 0 Å². The molecule has 0 radical (unpaired) electrons. The number of benzene rings is 6. The lowest BCUT2D eigenvalue weighted by atomic mass is 9.85. The highest BCUT2D eigenvalue weighted by molar-refractivity contribution is 5.96. The van der Waals surface area contributed by atoms with E-state index in [0.29, 0.717) is 5.92 Å². The zero-order valence-electron chi connectivity index (χ0n) is 19.7. The van der Waals surface area contributed by atoms with E-state index in [1.807, 2.05) is 0 Å². The second-order valence-corrected chi connectivity index (χ2v) is 8.56. The molecule has 0 N–H and O–H groups in total. The van der Waals surface area contributed by atoms with Crippen LogP contribution in [-0.2, 0) is 0 Å². The molecule has 6 aromatic rings. The van der Waals surface area contributed by atoms with Crippen LogP contribution in [0.4, 0.5) is 0 Å². The Kier molecular flexibility index (Phi) is 7.12. The van der Waals surface area contributed by atoms with Crippen molar-refractivity contribution in [3.63, 3.8) is 0 Å². The van der Waals surface area contributed by atoms with Gasteiger partial charge in [0.1, 0.15) is 0 Å². The molecule has 6 aromatic carbocycles. The summed E-state index contributed by atoms with van der Waals surface area (Å²) in [5.74, 6) is 0.309. The number of hydrogen-bond acceptors (Lipinski definition) is 0. The molecule has 0 aliphatic carbocycles. The molecule has 0 fully saturated rings. The van der Waals surface area contributed by atoms with Gasteiger partial charge in [-0.15, -0.1) is 0 Å². The van der Waals surface area contributed by atoms with Crippen molar-refractivity contribution in [3.8, 4) is 11.1 Å². The summed E-state index contributed by atoms with van der Waals surface area (Å²) >= 11 is 0. The van der Waals surface area contributed by atoms with E-state index >= 15 is 0 Å². The molecular formula is C35H28. The van der Waals surface area contributed by atoms with Crippen molar-refractivity contribution in [2.24, 2.45) is 0 Å². The number of rotatable bonds is 4. The summed E-state index contributed by atoms with van der Waals surface area (Å²) in [7, 11) is 0. The fraction of sp³-hybridized carbons (Fsp3) is 0.0286. The van der Waals surface area contributed by atoms with Crippen LogP contribution in [0.2, 0.25) is 0 Å². The summed E-state index contributed by atoms with van der Waals surface area (Å²) in [6, 6.07) is 57.5. The first-order chi connectivity index (χ1) is 17.4. The van der Waals surface area contributed by atoms with Gasteiger partial charge < -0.3 is 0 Å². The van der Waals surface area contributed by atoms with Crippen LogP contribution in [0.15, 0.2) is 164 Å². The van der Waals surface area contributed by atoms with Gasteiger partial charge in [0, 0.05) is 5.92 Å². The Hall–Kier alpha value is -4.42. The van der Waals surface area contributed by atoms with E-state index in [2.05, 4.69) is 164 Å². The third-order valence-corrected chi connectivity index (χ3v) is 6.27. The lowest BCUT2D eigenvalue weighted by Crippen LogP contribution is -2.02. The van der Waals surface area contributed by atoms with Gasteiger partial charge in [0.25, 0.3) is 0 Å². The van der Waals surface area contributed by atoms with Gasteiger partial charge in [-0.05, 0) is 38.6 Å². The first-order valence-corrected chi connectivity index (χ1v) is 12.1. The van der Waals surface area contributed by atoms with E-state index in [1.165, 1.54) is 38.6 Å². The largest absolute Gasteiger partial charge is 0.0622 e. The van der Waals surface area contributed by atoms with Crippen LogP contribution in [0.3, 0.4) is 0 Å². The van der Waals surface area contributed by atoms with E-state index in [9.17, 15) is 0 Å². The van der Waals surface area contributed by atoms with Crippen LogP contribution in [0.25, 0.3) is 21.9 Å². The fourth-order valence-electron chi connectivity index (χ4n) is 4.61. The molecule has 0 unspecified atom stereocenters. The van der Waals surface area contributed by atoms with E-state index in [4.69, 9.17) is 0 Å². The highest BCUT2D eigenvalue weighted by Gasteiger charge is 2.15. The first kappa shape index (κ1) is 22.4. The van der Waals surface area contributed by atoms with Crippen LogP contribution in [0.1, 0.15) is 22.6 Å². The summed E-state index contributed by atoms with van der Waals surface area (Å²) in [5, 5.41) is 2.61. The van der Waals surface area contributed by atoms with Crippen molar-refractivity contribution in [3.05, 3.63) is 180 Å². The Morgan fingerprint density at radius 3 is 1.23 bits per heavy atom. The zero-order valence-corrected chi connectivity index (χ0v) is 19.7. The smallest absolute Gasteiger partial charge is 0.0339 e. The number of hydrogen-bond donors (Lipinski definition) is 0. The molecule has 168 valence electrons. The third kappa shape index (κ3) is 5.39. The summed E-state index contributed by atoms with van der Waals surface area (Å²) in [6.07, 6.45) is 0. The maximum Gasteiger partial charge on any atom is 0.0339 e. The quantitative estimate of drug-likeness (QED) is 0.236. The summed E-state index contributed by atoms with van der Waals surface area (Å²) in [5.41, 5.74) is 6.58. The van der Waals surface area contributed by atoms with Gasteiger partial charge in [0.05, 0.1) is 0 Å². The standard InChI is InChI=1S/C19H16.C16H12/c1-4-10-16(11-5-1)19(17-12-6-2-7-13-17)18-14-8-3-9-15-18;1-2-7-13(8-3-1)16-12-6-10-14-9-4-5-11-15(14)16/h1-15,19H;1-12H. The fourth-order valence-corrected chi connectivity index (χ4v) is 4.61. The minimum absolute atomic E-state index is 0.309. The molecule has 35 heavy (non-hydrogen) atoms. The Morgan fingerprint density at radius 2 is 0.714 bits per heavy atom. The molecular weight excluding hydrogens is 420 g/mol. The highest BCUT2D eigenvalue weighted by atomic mass is 14.2. The van der Waals surface area contributed by atoms with Gasteiger partial charge >= 0.3 is 0 Å². The molecule has 0 aromatic heterocycles. The Labute approximate surface area is 208 Å². The molecule has 0 spiro atoms. The molecule has 0 aliphatic rings. The lowest BCUT2D eigenvalue weighted by molar-refractivity contribution is 0.977. The van der Waals surface area contributed by atoms with Crippen molar-refractivity contribution in [2.45, 2.75) is 5.92 Å². The zero-order chi connectivity index (χ0) is 23.7. The second kappa shape index (κ2) is 11.1. The molecule has 0 amide bonds. The molecule has 0 heterocycles. The molecule has 0 aliphatic heterocycles. The topological polar surface area (TPSA) is 0 Å². The van der Waals surface area contributed by atoms with Crippen molar-refractivity contribution < 1.29 is 0 Å². The van der Waals surface area contributed by atoms with Gasteiger partial charge in [0.15, 0.2) is 0 Å². The van der Waals surface area contributed by atoms with Crippen LogP contribution < -0.4 is 0 Å². The van der Waals surface area contributed by atoms with Gasteiger partial charge in [-0.25, -0.2) is 0 Å². The van der Waals surface area contributed by atoms with Crippen LogP contribution in [0.5, 0.6) is 0 Å². The summed E-state index contributed by atoms with van der Waals surface area (Å²) in [6.45, 7) is 0. The van der Waals surface area contributed by atoms with Crippen molar-refractivity contribution in [1.29, 1.82) is 0 Å². The van der Waals surface area contributed by atoms with Gasteiger partial charge in [0.2, 0.25) is 0 Å². The highest BCUT2D eigenvalue weighted by Crippen LogP contribution is 2.31. The van der Waals surface area contributed by atoms with Crippen molar-refractivity contribution >= 4 is 10.8 Å². The SMILES string of the molecule is c1ccc(-c2cccc3ccccc23)cc1.c1ccc(C(c2ccccc2)c2ccccc2)cc1. The van der Waals surface area contributed by atoms with Crippen LogP contribution in [-0.4, -0.2) is 0 Å². The Balaban J connectivity index is 0.000000147. The number of fused-ring (bicyclic) bond motifs is 1. The molecule has 0 saturated heterocycles. The summed E-state index contributed by atoms with van der Waals surface area (Å²) < 4.78 is 0. The molecule has 6 rings (SSSR count). The van der Waals surface area contributed by atoms with E-state index in [1.54, 1.807) is 0 Å². The molecule has 0 saturated carbocycles. The van der Waals surface area contributed by atoms with Crippen LogP contribution >= 0.6 is 0 Å². The lowest BCUT2D eigenvalue weighted by Gasteiger charge is -2.18. The van der Waals surface area contributed by atoms with Crippen LogP contribution in [0, 0.1) is 0 Å². The second-order valence-electron chi connectivity index (χ2n) is 8.56. The molecule has 0 heteroatoms. The van der Waals surface area contributed by atoms with E-state index in [0.717, 1.165) is 0 Å². The normalized spacial score (nSPS) is 10.5.